The van der Waals surface area contributed by atoms with Gasteiger partial charge in [-0.3, -0.25) is 0 Å². The van der Waals surface area contributed by atoms with Crippen molar-refractivity contribution >= 4 is 5.97 Å². The zero-order valence-corrected chi connectivity index (χ0v) is 7.38. The summed E-state index contributed by atoms with van der Waals surface area (Å²) in [6, 6.07) is 0. The molecule has 0 aliphatic heterocycles. The first-order valence-corrected chi connectivity index (χ1v) is 4.68. The van der Waals surface area contributed by atoms with Crippen LogP contribution < -0.4 is 0 Å². The highest BCUT2D eigenvalue weighted by Gasteiger charge is 2.41. The highest BCUT2D eigenvalue weighted by atomic mass is 16.5. The molecule has 2 bridgehead atoms. The van der Waals surface area contributed by atoms with Gasteiger partial charge in [0.1, 0.15) is 6.10 Å². The Kier molecular flexibility index (Phi) is 1.13. The number of ether oxygens (including phenoxy) is 1. The minimum Gasteiger partial charge on any atom is -0.459 e. The molecule has 13 heavy (non-hydrogen) atoms. The fourth-order valence-electron chi connectivity index (χ4n) is 2.53. The van der Waals surface area contributed by atoms with Crippen LogP contribution in [0.3, 0.4) is 0 Å². The van der Waals surface area contributed by atoms with Crippen LogP contribution in [0, 0.1) is 11.8 Å². The maximum absolute atomic E-state index is 11.8. The zero-order chi connectivity index (χ0) is 13.5. The molecule has 0 amide bonds. The number of carbonyl (C=O) groups is 1. The van der Waals surface area contributed by atoms with E-state index >= 15 is 0 Å². The summed E-state index contributed by atoms with van der Waals surface area (Å²) in [6.07, 6.45) is 3.77. The fourth-order valence-corrected chi connectivity index (χ4v) is 2.53. The largest absolute Gasteiger partial charge is 0.459 e. The van der Waals surface area contributed by atoms with Gasteiger partial charge in [-0.05, 0) is 44.4 Å². The molecule has 72 valence electrons. The first kappa shape index (κ1) is 4.63. The highest BCUT2D eigenvalue weighted by molar-refractivity contribution is 5.87. The average molecular weight is 185 g/mol. The molecule has 3 atom stereocenters. The van der Waals surface area contributed by atoms with Crippen LogP contribution in [0.25, 0.3) is 0 Å². The maximum atomic E-state index is 11.8. The topological polar surface area (TPSA) is 26.3 Å². The summed E-state index contributed by atoms with van der Waals surface area (Å²) in [7, 11) is 0. The molecular weight excluding hydrogens is 164 g/mol. The van der Waals surface area contributed by atoms with Crippen LogP contribution in [0.15, 0.2) is 12.1 Å². The molecule has 2 aliphatic rings. The third-order valence-electron chi connectivity index (χ3n) is 3.14. The molecule has 2 nitrogen and oxygen atoms in total. The van der Waals surface area contributed by atoms with Crippen molar-refractivity contribution in [1.29, 1.82) is 0 Å². The number of hydrogen-bond donors (Lipinski definition) is 0. The summed E-state index contributed by atoms with van der Waals surface area (Å²) in [5.41, 5.74) is -0.815. The van der Waals surface area contributed by atoms with Crippen LogP contribution in [-0.2, 0) is 9.53 Å². The smallest absolute Gasteiger partial charge is 0.333 e. The Morgan fingerprint density at radius 3 is 3.08 bits per heavy atom. The van der Waals surface area contributed by atoms with E-state index in [0.29, 0.717) is 11.8 Å². The van der Waals surface area contributed by atoms with E-state index in [1.807, 2.05) is 0 Å². The molecule has 2 fully saturated rings. The van der Waals surface area contributed by atoms with Crippen molar-refractivity contribution in [2.45, 2.75) is 38.6 Å². The van der Waals surface area contributed by atoms with Crippen molar-refractivity contribution in [3.05, 3.63) is 12.1 Å². The Morgan fingerprint density at radius 1 is 1.62 bits per heavy atom. The quantitative estimate of drug-likeness (QED) is 0.487. The Hall–Kier alpha value is -0.790. The third kappa shape index (κ3) is 1.62. The first-order valence-electron chi connectivity index (χ1n) is 7.18. The molecular formula is C11H16O2. The van der Waals surface area contributed by atoms with Gasteiger partial charge >= 0.3 is 5.97 Å². The maximum Gasteiger partial charge on any atom is 0.333 e. The van der Waals surface area contributed by atoms with E-state index in [1.54, 1.807) is 0 Å². The molecule has 2 aliphatic carbocycles. The van der Waals surface area contributed by atoms with Gasteiger partial charge in [0, 0.05) is 9.69 Å². The van der Waals surface area contributed by atoms with Crippen molar-refractivity contribution in [2.24, 2.45) is 11.8 Å². The van der Waals surface area contributed by atoms with Gasteiger partial charge in [0.15, 0.2) is 0 Å². The fraction of sp³-hybridized carbons (Fsp3) is 0.727. The monoisotopic (exact) mass is 185 g/mol. The van der Waals surface area contributed by atoms with Crippen LogP contribution in [0.2, 0.25) is 0 Å². The van der Waals surface area contributed by atoms with E-state index in [2.05, 4.69) is 0 Å². The van der Waals surface area contributed by atoms with E-state index in [0.717, 1.165) is 25.7 Å². The lowest BCUT2D eigenvalue weighted by Crippen LogP contribution is -2.24. The van der Waals surface area contributed by atoms with Crippen LogP contribution in [0.5, 0.6) is 0 Å². The Morgan fingerprint density at radius 2 is 2.54 bits per heavy atom. The van der Waals surface area contributed by atoms with E-state index in [1.165, 1.54) is 0 Å². The summed E-state index contributed by atoms with van der Waals surface area (Å²) < 4.78 is 40.9. The molecule has 0 N–H and O–H groups in total. The Labute approximate surface area is 86.0 Å². The van der Waals surface area contributed by atoms with Gasteiger partial charge in [-0.15, -0.1) is 0 Å². The molecule has 0 saturated heterocycles. The van der Waals surface area contributed by atoms with E-state index in [9.17, 15) is 4.79 Å². The lowest BCUT2D eigenvalue weighted by Gasteiger charge is -2.21. The van der Waals surface area contributed by atoms with Gasteiger partial charge in [0.05, 0.1) is 2.74 Å². The van der Waals surface area contributed by atoms with Gasteiger partial charge in [0.25, 0.3) is 0 Å². The zero-order valence-electron chi connectivity index (χ0n) is 12.4. The molecule has 0 aromatic rings. The van der Waals surface area contributed by atoms with Gasteiger partial charge < -0.3 is 4.74 Å². The molecule has 0 aromatic carbocycles. The van der Waals surface area contributed by atoms with Gasteiger partial charge in [-0.25, -0.2) is 4.79 Å². The normalized spacial score (nSPS) is 42.5. The predicted octanol–water partition coefficient (Wildman–Crippen LogP) is 2.29. The van der Waals surface area contributed by atoms with Crippen molar-refractivity contribution in [1.82, 2.24) is 0 Å². The highest BCUT2D eigenvalue weighted by Crippen LogP contribution is 2.45. The number of carbonyl (C=O) groups excluding carboxylic acids is 1. The van der Waals surface area contributed by atoms with Crippen molar-refractivity contribution < 1.29 is 16.4 Å². The summed E-state index contributed by atoms with van der Waals surface area (Å²) in [6.45, 7) is -3.74. The molecule has 0 radical (unpaired) electrons. The minimum absolute atomic E-state index is 0.229. The van der Waals surface area contributed by atoms with Crippen LogP contribution in [0.4, 0.5) is 0 Å². The van der Waals surface area contributed by atoms with E-state index < -0.39 is 24.9 Å². The van der Waals surface area contributed by atoms with Crippen LogP contribution in [0.1, 0.15) is 39.4 Å². The summed E-state index contributed by atoms with van der Waals surface area (Å²) in [5.74, 6) is -0.108. The van der Waals surface area contributed by atoms with Crippen molar-refractivity contribution in [3.8, 4) is 0 Å². The van der Waals surface area contributed by atoms with Crippen molar-refractivity contribution in [3.63, 3.8) is 0 Å². The molecule has 2 rings (SSSR count). The second kappa shape index (κ2) is 3.17. The van der Waals surface area contributed by atoms with Gasteiger partial charge in [-0.2, -0.15) is 0 Å². The molecule has 0 spiro atoms. The Bertz CT molecular complexity index is 383. The lowest BCUT2D eigenvalue weighted by molar-refractivity contribution is -0.146. The van der Waals surface area contributed by atoms with E-state index in [4.69, 9.17) is 11.6 Å². The first-order chi connectivity index (χ1) is 8.29. The summed E-state index contributed by atoms with van der Waals surface area (Å²) >= 11 is 0. The van der Waals surface area contributed by atoms with Gasteiger partial charge in [-0.1, -0.05) is 6.53 Å². The second-order valence-electron chi connectivity index (χ2n) is 3.99. The molecule has 2 saturated carbocycles. The molecule has 0 heterocycles. The van der Waals surface area contributed by atoms with Crippen LogP contribution in [-0.4, -0.2) is 12.1 Å². The molecule has 0 aromatic heterocycles. The summed E-state index contributed by atoms with van der Waals surface area (Å²) in [5, 5.41) is 0. The number of hydrogen-bond acceptors (Lipinski definition) is 2. The Balaban J connectivity index is 2.05. The number of fused-ring (bicyclic) bond motifs is 2. The van der Waals surface area contributed by atoms with E-state index in [-0.39, 0.29) is 6.10 Å². The third-order valence-corrected chi connectivity index (χ3v) is 3.14. The van der Waals surface area contributed by atoms with Gasteiger partial charge in [0.2, 0.25) is 0 Å². The summed E-state index contributed by atoms with van der Waals surface area (Å²) in [4.78, 5) is 11.8. The van der Waals surface area contributed by atoms with Crippen LogP contribution >= 0.6 is 0 Å². The SMILES string of the molecule is [2H]C([2H])=C(C(=O)OC1CC2CCC1C2)C([2H])([2H])[2H]. The minimum atomic E-state index is -2.76. The number of rotatable bonds is 2. The predicted molar refractivity (Wildman–Crippen MR) is 50.1 cm³/mol. The second-order valence-corrected chi connectivity index (χ2v) is 3.99. The standard InChI is InChI=1S/C11H16O2/c1-7(2)11(12)13-10-6-8-3-4-9(10)5-8/h8-10H,1,3-6H2,2H3/i1D2,2D3. The molecule has 3 unspecified atom stereocenters. The van der Waals surface area contributed by atoms with Crippen molar-refractivity contribution in [2.75, 3.05) is 0 Å². The number of esters is 1. The average Bonchev–Trinajstić information content (AvgIpc) is 2.74. The lowest BCUT2D eigenvalue weighted by atomic mass is 9.98. The molecule has 2 heteroatoms.